The summed E-state index contributed by atoms with van der Waals surface area (Å²) in [5.41, 5.74) is 0.840. The molecule has 0 aliphatic heterocycles. The second-order valence-corrected chi connectivity index (χ2v) is 4.56. The number of rotatable bonds is 4. The zero-order chi connectivity index (χ0) is 9.84. The summed E-state index contributed by atoms with van der Waals surface area (Å²) in [6.45, 7) is 3.80. The van der Waals surface area contributed by atoms with E-state index in [4.69, 9.17) is 4.42 Å². The molecular formula is C8H14N2O2S. The van der Waals surface area contributed by atoms with Crippen molar-refractivity contribution in [3.05, 3.63) is 12.0 Å². The van der Waals surface area contributed by atoms with Crippen LogP contribution in [0.15, 0.2) is 10.7 Å². The summed E-state index contributed by atoms with van der Waals surface area (Å²) in [6, 6.07) is 0.610. The normalized spacial score (nSPS) is 15.3. The number of oxazole rings is 1. The number of hydrogen-bond donors (Lipinski definition) is 1. The summed E-state index contributed by atoms with van der Waals surface area (Å²) < 4.78 is 16.0. The minimum Gasteiger partial charge on any atom is -0.432 e. The highest BCUT2D eigenvalue weighted by molar-refractivity contribution is 7.84. The first-order valence-corrected chi connectivity index (χ1v) is 5.79. The first-order chi connectivity index (χ1) is 6.08. The molecule has 0 amide bonds. The fourth-order valence-corrected chi connectivity index (χ4v) is 1.81. The Hall–Kier alpha value is -0.840. The Morgan fingerprint density at radius 1 is 1.77 bits per heavy atom. The molecule has 0 aliphatic rings. The summed E-state index contributed by atoms with van der Waals surface area (Å²) in [5.74, 6) is 0.599. The second kappa shape index (κ2) is 4.41. The van der Waals surface area contributed by atoms with Crippen LogP contribution in [-0.2, 0) is 10.8 Å². The minimum absolute atomic E-state index is 0.115. The number of nitrogens with one attached hydrogen (secondary N) is 1. The molecule has 4 nitrogen and oxygen atoms in total. The molecule has 0 spiro atoms. The van der Waals surface area contributed by atoms with Crippen LogP contribution in [-0.4, -0.2) is 27.2 Å². The SMILES string of the molecule is Cc1coc(NC(C)CS(C)=O)n1. The van der Waals surface area contributed by atoms with Crippen LogP contribution in [0.4, 0.5) is 6.01 Å². The Morgan fingerprint density at radius 2 is 2.46 bits per heavy atom. The summed E-state index contributed by atoms with van der Waals surface area (Å²) in [4.78, 5) is 4.08. The summed E-state index contributed by atoms with van der Waals surface area (Å²) in [7, 11) is -0.794. The van der Waals surface area contributed by atoms with E-state index in [1.165, 1.54) is 0 Å². The van der Waals surface area contributed by atoms with Gasteiger partial charge in [-0.05, 0) is 13.8 Å². The number of hydrogen-bond acceptors (Lipinski definition) is 4. The van der Waals surface area contributed by atoms with Crippen molar-refractivity contribution in [3.8, 4) is 0 Å². The smallest absolute Gasteiger partial charge is 0.294 e. The number of nitrogens with zero attached hydrogens (tertiary/aromatic N) is 1. The van der Waals surface area contributed by atoms with Gasteiger partial charge in [-0.1, -0.05) is 0 Å². The molecule has 0 bridgehead atoms. The van der Waals surface area contributed by atoms with Crippen molar-refractivity contribution < 1.29 is 8.63 Å². The van der Waals surface area contributed by atoms with Gasteiger partial charge in [0.2, 0.25) is 0 Å². The van der Waals surface area contributed by atoms with Gasteiger partial charge in [0.25, 0.3) is 6.01 Å². The molecule has 74 valence electrons. The average molecular weight is 202 g/mol. The predicted octanol–water partition coefficient (Wildman–Crippen LogP) is 1.16. The van der Waals surface area contributed by atoms with Gasteiger partial charge in [0.15, 0.2) is 0 Å². The van der Waals surface area contributed by atoms with Crippen LogP contribution in [0, 0.1) is 6.92 Å². The highest BCUT2D eigenvalue weighted by atomic mass is 32.2. The van der Waals surface area contributed by atoms with Crippen molar-refractivity contribution in [2.24, 2.45) is 0 Å². The van der Waals surface area contributed by atoms with Gasteiger partial charge in [-0.2, -0.15) is 4.98 Å². The fourth-order valence-electron chi connectivity index (χ4n) is 1.02. The van der Waals surface area contributed by atoms with E-state index >= 15 is 0 Å². The van der Waals surface area contributed by atoms with Crippen LogP contribution in [0.2, 0.25) is 0 Å². The maximum atomic E-state index is 10.9. The molecule has 2 unspecified atom stereocenters. The van der Waals surface area contributed by atoms with E-state index in [1.54, 1.807) is 12.5 Å². The molecule has 0 radical (unpaired) electrons. The van der Waals surface area contributed by atoms with E-state index in [1.807, 2.05) is 13.8 Å². The van der Waals surface area contributed by atoms with Crippen LogP contribution < -0.4 is 5.32 Å². The van der Waals surface area contributed by atoms with Crippen LogP contribution in [0.25, 0.3) is 0 Å². The second-order valence-electron chi connectivity index (χ2n) is 3.08. The van der Waals surface area contributed by atoms with Gasteiger partial charge in [0, 0.05) is 28.9 Å². The lowest BCUT2D eigenvalue weighted by Crippen LogP contribution is -2.22. The predicted molar refractivity (Wildman–Crippen MR) is 53.3 cm³/mol. The average Bonchev–Trinajstić information content (AvgIpc) is 2.33. The van der Waals surface area contributed by atoms with Crippen LogP contribution in [0.5, 0.6) is 0 Å². The molecule has 0 saturated heterocycles. The lowest BCUT2D eigenvalue weighted by Gasteiger charge is -2.09. The van der Waals surface area contributed by atoms with Gasteiger partial charge >= 0.3 is 0 Å². The maximum absolute atomic E-state index is 10.9. The van der Waals surface area contributed by atoms with Gasteiger partial charge in [-0.25, -0.2) is 0 Å². The molecule has 1 heterocycles. The van der Waals surface area contributed by atoms with E-state index in [0.29, 0.717) is 11.8 Å². The van der Waals surface area contributed by atoms with Crippen molar-refractivity contribution in [2.45, 2.75) is 19.9 Å². The lowest BCUT2D eigenvalue weighted by atomic mass is 10.4. The van der Waals surface area contributed by atoms with Crippen LogP contribution in [0.1, 0.15) is 12.6 Å². The van der Waals surface area contributed by atoms with Gasteiger partial charge in [0.05, 0.1) is 5.69 Å². The molecule has 2 atom stereocenters. The Labute approximate surface area is 80.2 Å². The Morgan fingerprint density at radius 3 is 2.92 bits per heavy atom. The standard InChI is InChI=1S/C8H14N2O2S/c1-6-4-12-8(9-6)10-7(2)5-13(3)11/h4,7H,5H2,1-3H3,(H,9,10). The number of anilines is 1. The van der Waals surface area contributed by atoms with Gasteiger partial charge < -0.3 is 9.73 Å². The maximum Gasteiger partial charge on any atom is 0.294 e. The van der Waals surface area contributed by atoms with Crippen molar-refractivity contribution in [1.29, 1.82) is 0 Å². The van der Waals surface area contributed by atoms with E-state index < -0.39 is 10.8 Å². The molecule has 1 aromatic heterocycles. The largest absolute Gasteiger partial charge is 0.432 e. The van der Waals surface area contributed by atoms with Crippen molar-refractivity contribution in [1.82, 2.24) is 4.98 Å². The highest BCUT2D eigenvalue weighted by Gasteiger charge is 2.07. The molecule has 0 aliphatic carbocycles. The molecule has 1 rings (SSSR count). The third-order valence-corrected chi connectivity index (χ3v) is 2.44. The fraction of sp³-hybridized carbons (Fsp3) is 0.625. The molecule has 0 fully saturated rings. The number of aromatic nitrogens is 1. The highest BCUT2D eigenvalue weighted by Crippen LogP contribution is 2.07. The molecule has 0 aromatic carbocycles. The topological polar surface area (TPSA) is 55.1 Å². The first-order valence-electron chi connectivity index (χ1n) is 4.06. The van der Waals surface area contributed by atoms with Crippen molar-refractivity contribution >= 4 is 16.8 Å². The first kappa shape index (κ1) is 10.2. The zero-order valence-corrected chi connectivity index (χ0v) is 8.85. The lowest BCUT2D eigenvalue weighted by molar-refractivity contribution is 0.564. The van der Waals surface area contributed by atoms with E-state index in [2.05, 4.69) is 10.3 Å². The molecule has 13 heavy (non-hydrogen) atoms. The van der Waals surface area contributed by atoms with E-state index in [0.717, 1.165) is 5.69 Å². The Balaban J connectivity index is 2.44. The third kappa shape index (κ3) is 3.59. The summed E-state index contributed by atoms with van der Waals surface area (Å²) >= 11 is 0. The Kier molecular flexibility index (Phi) is 3.48. The quantitative estimate of drug-likeness (QED) is 0.796. The van der Waals surface area contributed by atoms with E-state index in [9.17, 15) is 4.21 Å². The van der Waals surface area contributed by atoms with Crippen molar-refractivity contribution in [2.75, 3.05) is 17.3 Å². The summed E-state index contributed by atoms with van der Waals surface area (Å²) in [6.07, 6.45) is 3.26. The van der Waals surface area contributed by atoms with Gasteiger partial charge in [-0.3, -0.25) is 4.21 Å². The van der Waals surface area contributed by atoms with Gasteiger partial charge in [0.1, 0.15) is 6.26 Å². The van der Waals surface area contributed by atoms with E-state index in [-0.39, 0.29) is 6.04 Å². The monoisotopic (exact) mass is 202 g/mol. The minimum atomic E-state index is -0.794. The van der Waals surface area contributed by atoms with Gasteiger partial charge in [-0.15, -0.1) is 0 Å². The van der Waals surface area contributed by atoms with Crippen LogP contribution >= 0.6 is 0 Å². The molecule has 1 aromatic rings. The number of aryl methyl sites for hydroxylation is 1. The van der Waals surface area contributed by atoms with Crippen molar-refractivity contribution in [3.63, 3.8) is 0 Å². The molecule has 0 saturated carbocycles. The summed E-state index contributed by atoms with van der Waals surface area (Å²) in [5, 5.41) is 3.02. The molecule has 5 heteroatoms. The third-order valence-electron chi connectivity index (χ3n) is 1.47. The zero-order valence-electron chi connectivity index (χ0n) is 8.03. The van der Waals surface area contributed by atoms with Crippen LogP contribution in [0.3, 0.4) is 0 Å². The molecule has 1 N–H and O–H groups in total. The Bertz CT molecular complexity index is 298. The molecular weight excluding hydrogens is 188 g/mol.